The van der Waals surface area contributed by atoms with Gasteiger partial charge in [0.05, 0.1) is 17.4 Å². The molecule has 1 aliphatic heterocycles. The lowest BCUT2D eigenvalue weighted by atomic mass is 9.86. The predicted molar refractivity (Wildman–Crippen MR) is 96.9 cm³/mol. The molecule has 0 aromatic heterocycles. The lowest BCUT2D eigenvalue weighted by molar-refractivity contribution is -0.143. The number of benzene rings is 1. The minimum Gasteiger partial charge on any atom is -0.486 e. The van der Waals surface area contributed by atoms with E-state index in [2.05, 4.69) is 5.32 Å². The Labute approximate surface area is 157 Å². The van der Waals surface area contributed by atoms with Crippen LogP contribution in [0.5, 0.6) is 11.5 Å². The average Bonchev–Trinajstić information content (AvgIpc) is 2.57. The molecular weight excluding hydrogens is 358 g/mol. The number of carboxylic acids is 1. The highest BCUT2D eigenvalue weighted by Crippen LogP contribution is 2.38. The van der Waals surface area contributed by atoms with Crippen molar-refractivity contribution in [3.63, 3.8) is 0 Å². The first-order chi connectivity index (χ1) is 12.5. The minimum absolute atomic E-state index is 0.124. The van der Waals surface area contributed by atoms with Crippen molar-refractivity contribution in [1.29, 1.82) is 0 Å². The molecule has 1 aliphatic carbocycles. The molecule has 1 saturated carbocycles. The Kier molecular flexibility index (Phi) is 6.25. The van der Waals surface area contributed by atoms with Crippen molar-refractivity contribution in [2.75, 3.05) is 13.2 Å². The highest BCUT2D eigenvalue weighted by Gasteiger charge is 2.30. The van der Waals surface area contributed by atoms with Crippen LogP contribution in [0.4, 0.5) is 0 Å². The molecule has 1 aromatic carbocycles. The normalized spacial score (nSPS) is 22.8. The Balaban J connectivity index is 1.67. The van der Waals surface area contributed by atoms with Crippen LogP contribution in [0, 0.1) is 5.92 Å². The molecule has 0 radical (unpaired) electrons. The Morgan fingerprint density at radius 3 is 2.62 bits per heavy atom. The van der Waals surface area contributed by atoms with Crippen LogP contribution in [0.1, 0.15) is 44.1 Å². The molecule has 2 aliphatic rings. The summed E-state index contributed by atoms with van der Waals surface area (Å²) >= 11 is 6.21. The van der Waals surface area contributed by atoms with Crippen LogP contribution in [0.15, 0.2) is 12.1 Å². The van der Waals surface area contributed by atoms with Gasteiger partial charge in [0, 0.05) is 6.04 Å². The van der Waals surface area contributed by atoms with Gasteiger partial charge in [-0.05, 0) is 30.5 Å². The van der Waals surface area contributed by atoms with E-state index in [1.807, 2.05) is 0 Å². The molecule has 2 unspecified atom stereocenters. The lowest BCUT2D eigenvalue weighted by Gasteiger charge is -2.27. The van der Waals surface area contributed by atoms with E-state index in [0.717, 1.165) is 31.2 Å². The molecule has 142 valence electrons. The van der Waals surface area contributed by atoms with Gasteiger partial charge in [0.1, 0.15) is 13.2 Å². The van der Waals surface area contributed by atoms with Gasteiger partial charge in [-0.2, -0.15) is 0 Å². The Hall–Kier alpha value is -1.95. The molecule has 0 saturated heterocycles. The van der Waals surface area contributed by atoms with Gasteiger partial charge in [0.2, 0.25) is 5.91 Å². The first-order valence-corrected chi connectivity index (χ1v) is 9.52. The third-order valence-electron chi connectivity index (χ3n) is 4.95. The molecule has 1 amide bonds. The molecule has 1 heterocycles. The maximum atomic E-state index is 12.5. The smallest absolute Gasteiger partial charge is 0.308 e. The third-order valence-corrected chi connectivity index (χ3v) is 5.23. The number of halogens is 1. The van der Waals surface area contributed by atoms with Crippen molar-refractivity contribution in [1.82, 2.24) is 5.32 Å². The molecule has 2 atom stereocenters. The van der Waals surface area contributed by atoms with E-state index in [1.165, 1.54) is 0 Å². The molecule has 1 aromatic rings. The van der Waals surface area contributed by atoms with Crippen molar-refractivity contribution in [2.24, 2.45) is 5.92 Å². The Morgan fingerprint density at radius 1 is 1.12 bits per heavy atom. The molecule has 6 nitrogen and oxygen atoms in total. The van der Waals surface area contributed by atoms with Crippen LogP contribution in [-0.2, 0) is 16.0 Å². The summed E-state index contributed by atoms with van der Waals surface area (Å²) in [5, 5.41) is 12.8. The average molecular weight is 382 g/mol. The predicted octanol–water partition coefficient (Wildman–Crippen LogP) is 3.19. The molecule has 0 spiro atoms. The summed E-state index contributed by atoms with van der Waals surface area (Å²) in [4.78, 5) is 24.1. The monoisotopic (exact) mass is 381 g/mol. The van der Waals surface area contributed by atoms with Gasteiger partial charge in [0.15, 0.2) is 11.5 Å². The number of nitrogens with one attached hydrogen (secondary N) is 1. The largest absolute Gasteiger partial charge is 0.486 e. The van der Waals surface area contributed by atoms with Gasteiger partial charge in [-0.25, -0.2) is 0 Å². The van der Waals surface area contributed by atoms with Crippen LogP contribution in [-0.4, -0.2) is 36.2 Å². The van der Waals surface area contributed by atoms with E-state index in [-0.39, 0.29) is 18.4 Å². The topological polar surface area (TPSA) is 84.9 Å². The summed E-state index contributed by atoms with van der Waals surface area (Å²) in [5.41, 5.74) is 0.717. The Morgan fingerprint density at radius 2 is 1.85 bits per heavy atom. The fraction of sp³-hybridized carbons (Fsp3) is 0.579. The first-order valence-electron chi connectivity index (χ1n) is 9.15. The lowest BCUT2D eigenvalue weighted by Crippen LogP contribution is -2.44. The number of amides is 1. The van der Waals surface area contributed by atoms with Crippen LogP contribution < -0.4 is 14.8 Å². The highest BCUT2D eigenvalue weighted by atomic mass is 35.5. The number of carboxylic acid groups (broad SMARTS) is 1. The summed E-state index contributed by atoms with van der Waals surface area (Å²) in [6.45, 7) is 0.895. The zero-order chi connectivity index (χ0) is 18.5. The summed E-state index contributed by atoms with van der Waals surface area (Å²) in [6.07, 6.45) is 5.39. The Bertz CT molecular complexity index is 678. The summed E-state index contributed by atoms with van der Waals surface area (Å²) in [6, 6.07) is 3.13. The number of fused-ring (bicyclic) bond motifs is 1. The van der Waals surface area contributed by atoms with Crippen LogP contribution in [0.3, 0.4) is 0 Å². The van der Waals surface area contributed by atoms with Crippen molar-refractivity contribution >= 4 is 23.5 Å². The van der Waals surface area contributed by atoms with E-state index in [0.29, 0.717) is 42.6 Å². The molecule has 7 heteroatoms. The zero-order valence-corrected chi connectivity index (χ0v) is 15.4. The fourth-order valence-corrected chi connectivity index (χ4v) is 3.95. The maximum Gasteiger partial charge on any atom is 0.308 e. The minimum atomic E-state index is -0.834. The van der Waals surface area contributed by atoms with Gasteiger partial charge >= 0.3 is 5.97 Å². The van der Waals surface area contributed by atoms with Crippen molar-refractivity contribution in [3.05, 3.63) is 22.7 Å². The molecule has 0 bridgehead atoms. The van der Waals surface area contributed by atoms with E-state index >= 15 is 0 Å². The number of rotatable bonds is 4. The van der Waals surface area contributed by atoms with Crippen molar-refractivity contribution in [2.45, 2.75) is 51.0 Å². The summed E-state index contributed by atoms with van der Waals surface area (Å²) in [7, 11) is 0. The van der Waals surface area contributed by atoms with Crippen molar-refractivity contribution in [3.8, 4) is 11.5 Å². The van der Waals surface area contributed by atoms with Gasteiger partial charge in [-0.1, -0.05) is 37.3 Å². The highest BCUT2D eigenvalue weighted by molar-refractivity contribution is 6.32. The molecule has 26 heavy (non-hydrogen) atoms. The van der Waals surface area contributed by atoms with E-state index < -0.39 is 11.9 Å². The molecular formula is C19H24ClNO5. The second kappa shape index (κ2) is 8.62. The van der Waals surface area contributed by atoms with Gasteiger partial charge < -0.3 is 19.9 Å². The third kappa shape index (κ3) is 4.61. The van der Waals surface area contributed by atoms with Gasteiger partial charge in [0.25, 0.3) is 0 Å². The van der Waals surface area contributed by atoms with E-state index in [1.54, 1.807) is 12.1 Å². The number of ether oxygens (including phenoxy) is 2. The molecule has 3 rings (SSSR count). The van der Waals surface area contributed by atoms with Crippen LogP contribution in [0.2, 0.25) is 5.02 Å². The van der Waals surface area contributed by atoms with Gasteiger partial charge in [-0.3, -0.25) is 9.59 Å². The number of carbonyl (C=O) groups excluding carboxylic acids is 1. The molecule has 2 N–H and O–H groups in total. The fourth-order valence-electron chi connectivity index (χ4n) is 3.66. The zero-order valence-electron chi connectivity index (χ0n) is 14.6. The SMILES string of the molecule is O=C(Cc1cc(Cl)c2c(c1)OCCO2)NC1CCCCCCC1C(=O)O. The summed E-state index contributed by atoms with van der Waals surface area (Å²) < 4.78 is 11.0. The van der Waals surface area contributed by atoms with Crippen LogP contribution in [0.25, 0.3) is 0 Å². The van der Waals surface area contributed by atoms with E-state index in [4.69, 9.17) is 21.1 Å². The van der Waals surface area contributed by atoms with Crippen LogP contribution >= 0.6 is 11.6 Å². The number of carbonyl (C=O) groups is 2. The standard InChI is InChI=1S/C19H24ClNO5/c20-14-9-12(10-16-18(14)26-8-7-25-16)11-17(22)21-15-6-4-2-1-3-5-13(15)19(23)24/h9-10,13,15H,1-8,11H2,(H,21,22)(H,23,24). The molecule has 1 fully saturated rings. The first kappa shape index (κ1) is 18.8. The van der Waals surface area contributed by atoms with Crippen molar-refractivity contribution < 1.29 is 24.2 Å². The number of aliphatic carboxylic acids is 1. The summed E-state index contributed by atoms with van der Waals surface area (Å²) in [5.74, 6) is -0.508. The maximum absolute atomic E-state index is 12.5. The number of hydrogen-bond acceptors (Lipinski definition) is 4. The van der Waals surface area contributed by atoms with E-state index in [9.17, 15) is 14.7 Å². The van der Waals surface area contributed by atoms with Gasteiger partial charge in [-0.15, -0.1) is 0 Å². The quantitative estimate of drug-likeness (QED) is 0.836. The second-order valence-electron chi connectivity index (χ2n) is 6.89. The second-order valence-corrected chi connectivity index (χ2v) is 7.30. The number of hydrogen-bond donors (Lipinski definition) is 2.